The number of nitrogens with zero attached hydrogens (tertiary/aromatic N) is 3. The standard InChI is InChI=1S/C9H11N3OS/c1-13-3-2-4-14-9-7-11-8(5-10)6-12-9/h6-7H,2-4H2,1H3. The van der Waals surface area contributed by atoms with Crippen LogP contribution < -0.4 is 0 Å². The van der Waals surface area contributed by atoms with Gasteiger partial charge in [-0.25, -0.2) is 9.97 Å². The lowest BCUT2D eigenvalue weighted by Gasteiger charge is -1.99. The highest BCUT2D eigenvalue weighted by Gasteiger charge is 1.97. The molecule has 1 aromatic rings. The topological polar surface area (TPSA) is 58.8 Å². The smallest absolute Gasteiger partial charge is 0.158 e. The fraction of sp³-hybridized carbons (Fsp3) is 0.444. The minimum atomic E-state index is 0.353. The van der Waals surface area contributed by atoms with Gasteiger partial charge in [-0.05, 0) is 6.42 Å². The molecule has 0 N–H and O–H groups in total. The Labute approximate surface area is 87.3 Å². The first-order valence-corrected chi connectivity index (χ1v) is 5.19. The lowest BCUT2D eigenvalue weighted by atomic mass is 10.5. The van der Waals surface area contributed by atoms with Gasteiger partial charge in [0.05, 0.1) is 12.4 Å². The van der Waals surface area contributed by atoms with Crippen molar-refractivity contribution < 1.29 is 4.74 Å². The molecule has 74 valence electrons. The summed E-state index contributed by atoms with van der Waals surface area (Å²) in [7, 11) is 1.69. The molecule has 0 unspecified atom stereocenters. The van der Waals surface area contributed by atoms with Crippen LogP contribution in [0.2, 0.25) is 0 Å². The molecule has 0 amide bonds. The first-order valence-electron chi connectivity index (χ1n) is 4.20. The summed E-state index contributed by atoms with van der Waals surface area (Å²) in [5.74, 6) is 0.953. The van der Waals surface area contributed by atoms with Crippen LogP contribution in [0.15, 0.2) is 17.4 Å². The van der Waals surface area contributed by atoms with Gasteiger partial charge in [0.15, 0.2) is 5.69 Å². The van der Waals surface area contributed by atoms with Gasteiger partial charge < -0.3 is 4.74 Å². The zero-order valence-corrected chi connectivity index (χ0v) is 8.75. The molecule has 0 bridgehead atoms. The molecule has 0 aliphatic rings. The van der Waals surface area contributed by atoms with Crippen LogP contribution in [0.25, 0.3) is 0 Å². The fourth-order valence-corrected chi connectivity index (χ4v) is 1.55. The molecule has 1 rings (SSSR count). The number of aromatic nitrogens is 2. The summed E-state index contributed by atoms with van der Waals surface area (Å²) in [6, 6.07) is 1.93. The van der Waals surface area contributed by atoms with E-state index in [4.69, 9.17) is 10.00 Å². The molecule has 0 fully saturated rings. The summed E-state index contributed by atoms with van der Waals surface area (Å²) in [5, 5.41) is 9.35. The van der Waals surface area contributed by atoms with Crippen LogP contribution in [0, 0.1) is 11.3 Å². The van der Waals surface area contributed by atoms with Crippen molar-refractivity contribution in [3.63, 3.8) is 0 Å². The number of nitriles is 1. The number of rotatable bonds is 5. The molecule has 0 saturated heterocycles. The molecule has 0 aromatic carbocycles. The van der Waals surface area contributed by atoms with Crippen LogP contribution in [0.5, 0.6) is 0 Å². The molecular weight excluding hydrogens is 198 g/mol. The minimum Gasteiger partial charge on any atom is -0.385 e. The lowest BCUT2D eigenvalue weighted by molar-refractivity contribution is 0.200. The minimum absolute atomic E-state index is 0.353. The summed E-state index contributed by atoms with van der Waals surface area (Å²) in [6.45, 7) is 0.761. The molecule has 1 heterocycles. The second kappa shape index (κ2) is 6.35. The fourth-order valence-electron chi connectivity index (χ4n) is 0.828. The summed E-state index contributed by atoms with van der Waals surface area (Å²) >= 11 is 1.62. The molecule has 5 heteroatoms. The van der Waals surface area contributed by atoms with E-state index in [0.29, 0.717) is 5.69 Å². The Hall–Kier alpha value is -1.12. The largest absolute Gasteiger partial charge is 0.385 e. The van der Waals surface area contributed by atoms with Crippen LogP contribution >= 0.6 is 11.8 Å². The Bertz CT molecular complexity index is 307. The number of hydrogen-bond acceptors (Lipinski definition) is 5. The molecule has 14 heavy (non-hydrogen) atoms. The van der Waals surface area contributed by atoms with Crippen LogP contribution in [-0.4, -0.2) is 29.4 Å². The highest BCUT2D eigenvalue weighted by atomic mass is 32.2. The Kier molecular flexibility index (Phi) is 4.97. The van der Waals surface area contributed by atoms with Crippen LogP contribution in [0.3, 0.4) is 0 Å². The molecule has 1 aromatic heterocycles. The molecule has 0 aliphatic carbocycles. The van der Waals surface area contributed by atoms with Crippen molar-refractivity contribution in [3.05, 3.63) is 18.1 Å². The zero-order valence-electron chi connectivity index (χ0n) is 7.93. The Morgan fingerprint density at radius 1 is 1.50 bits per heavy atom. The molecule has 0 spiro atoms. The van der Waals surface area contributed by atoms with Gasteiger partial charge in [0.25, 0.3) is 0 Å². The van der Waals surface area contributed by atoms with E-state index in [1.807, 2.05) is 6.07 Å². The first kappa shape index (κ1) is 11.0. The first-order chi connectivity index (χ1) is 6.86. The van der Waals surface area contributed by atoms with Crippen molar-refractivity contribution in [1.29, 1.82) is 5.26 Å². The monoisotopic (exact) mass is 209 g/mol. The van der Waals surface area contributed by atoms with E-state index in [-0.39, 0.29) is 0 Å². The average molecular weight is 209 g/mol. The second-order valence-electron chi connectivity index (χ2n) is 2.55. The van der Waals surface area contributed by atoms with Crippen molar-refractivity contribution in [2.75, 3.05) is 19.5 Å². The van der Waals surface area contributed by atoms with Gasteiger partial charge in [-0.1, -0.05) is 0 Å². The maximum absolute atomic E-state index is 8.50. The highest BCUT2D eigenvalue weighted by molar-refractivity contribution is 7.99. The van der Waals surface area contributed by atoms with Crippen molar-refractivity contribution in [2.24, 2.45) is 0 Å². The van der Waals surface area contributed by atoms with Crippen LogP contribution in [0.4, 0.5) is 0 Å². The van der Waals surface area contributed by atoms with E-state index >= 15 is 0 Å². The van der Waals surface area contributed by atoms with Gasteiger partial charge in [0.2, 0.25) is 0 Å². The molecule has 0 saturated carbocycles. The number of hydrogen-bond donors (Lipinski definition) is 0. The van der Waals surface area contributed by atoms with E-state index < -0.39 is 0 Å². The van der Waals surface area contributed by atoms with E-state index in [0.717, 1.165) is 23.8 Å². The van der Waals surface area contributed by atoms with Crippen LogP contribution in [-0.2, 0) is 4.74 Å². The molecule has 4 nitrogen and oxygen atoms in total. The molecule has 0 radical (unpaired) electrons. The molecule has 0 aliphatic heterocycles. The Morgan fingerprint density at radius 3 is 2.93 bits per heavy atom. The Balaban J connectivity index is 2.33. The summed E-state index contributed by atoms with van der Waals surface area (Å²) in [5.41, 5.74) is 0.353. The Morgan fingerprint density at radius 2 is 2.36 bits per heavy atom. The summed E-state index contributed by atoms with van der Waals surface area (Å²) in [4.78, 5) is 8.00. The third-order valence-electron chi connectivity index (χ3n) is 1.49. The van der Waals surface area contributed by atoms with Gasteiger partial charge in [-0.2, -0.15) is 5.26 Å². The second-order valence-corrected chi connectivity index (χ2v) is 3.66. The summed E-state index contributed by atoms with van der Waals surface area (Å²) in [6.07, 6.45) is 4.09. The van der Waals surface area contributed by atoms with E-state index in [2.05, 4.69) is 9.97 Å². The predicted octanol–water partition coefficient (Wildman–Crippen LogP) is 1.48. The summed E-state index contributed by atoms with van der Waals surface area (Å²) < 4.78 is 4.92. The highest BCUT2D eigenvalue weighted by Crippen LogP contribution is 2.14. The van der Waals surface area contributed by atoms with Gasteiger partial charge in [-0.3, -0.25) is 0 Å². The van der Waals surface area contributed by atoms with Gasteiger partial charge in [0.1, 0.15) is 11.1 Å². The van der Waals surface area contributed by atoms with Gasteiger partial charge in [0, 0.05) is 19.5 Å². The van der Waals surface area contributed by atoms with Crippen molar-refractivity contribution in [3.8, 4) is 6.07 Å². The third-order valence-corrected chi connectivity index (χ3v) is 2.48. The molecule has 0 atom stereocenters. The number of ether oxygens (including phenoxy) is 1. The zero-order chi connectivity index (χ0) is 10.2. The predicted molar refractivity (Wildman–Crippen MR) is 54.0 cm³/mol. The van der Waals surface area contributed by atoms with Crippen molar-refractivity contribution >= 4 is 11.8 Å². The van der Waals surface area contributed by atoms with E-state index in [9.17, 15) is 0 Å². The van der Waals surface area contributed by atoms with Crippen molar-refractivity contribution in [1.82, 2.24) is 9.97 Å². The van der Waals surface area contributed by atoms with Crippen molar-refractivity contribution in [2.45, 2.75) is 11.4 Å². The van der Waals surface area contributed by atoms with Gasteiger partial charge in [-0.15, -0.1) is 11.8 Å². The third kappa shape index (κ3) is 3.73. The van der Waals surface area contributed by atoms with Crippen LogP contribution in [0.1, 0.15) is 12.1 Å². The SMILES string of the molecule is COCCCSc1cnc(C#N)cn1. The number of thioether (sulfide) groups is 1. The average Bonchev–Trinajstić information content (AvgIpc) is 2.25. The molecular formula is C9H11N3OS. The van der Waals surface area contributed by atoms with Gasteiger partial charge >= 0.3 is 0 Å². The lowest BCUT2D eigenvalue weighted by Crippen LogP contribution is -1.92. The van der Waals surface area contributed by atoms with E-state index in [1.165, 1.54) is 6.20 Å². The maximum atomic E-state index is 8.50. The van der Waals surface area contributed by atoms with E-state index in [1.54, 1.807) is 25.1 Å². The normalized spacial score (nSPS) is 9.71. The number of methoxy groups -OCH3 is 1. The maximum Gasteiger partial charge on any atom is 0.158 e. The quantitative estimate of drug-likeness (QED) is 0.543.